The summed E-state index contributed by atoms with van der Waals surface area (Å²) < 4.78 is 19.7. The van der Waals surface area contributed by atoms with Crippen molar-refractivity contribution >= 4 is 11.7 Å². The standard InChI is InChI=1S/C23H30FN3O2/c1-23(2,3)22(28)29-16-17-4-5-18(21(24)14-17)6-7-19-8-9-20(15-26-19)27-12-10-25-11-13-27/h4-5,8-9,14-15,25H,6-7,10-13,16H2,1-3H3. The van der Waals surface area contributed by atoms with Crippen LogP contribution in [0, 0.1) is 11.2 Å². The van der Waals surface area contributed by atoms with Gasteiger partial charge in [-0.3, -0.25) is 9.78 Å². The van der Waals surface area contributed by atoms with Gasteiger partial charge in [-0.1, -0.05) is 12.1 Å². The largest absolute Gasteiger partial charge is 0.460 e. The number of esters is 1. The van der Waals surface area contributed by atoms with Gasteiger partial charge in [0.2, 0.25) is 0 Å². The smallest absolute Gasteiger partial charge is 0.311 e. The lowest BCUT2D eigenvalue weighted by molar-refractivity contribution is -0.154. The normalized spacial score (nSPS) is 14.7. The number of hydrogen-bond acceptors (Lipinski definition) is 5. The zero-order valence-electron chi connectivity index (χ0n) is 17.5. The van der Waals surface area contributed by atoms with E-state index in [9.17, 15) is 9.18 Å². The maximum Gasteiger partial charge on any atom is 0.311 e. The first-order valence-electron chi connectivity index (χ1n) is 10.2. The average Bonchev–Trinajstić information content (AvgIpc) is 2.71. The van der Waals surface area contributed by atoms with Gasteiger partial charge in [-0.05, 0) is 62.9 Å². The Kier molecular flexibility index (Phi) is 6.85. The van der Waals surface area contributed by atoms with Gasteiger partial charge in [0.05, 0.1) is 17.3 Å². The number of nitrogens with one attached hydrogen (secondary N) is 1. The number of rotatable bonds is 6. The van der Waals surface area contributed by atoms with Gasteiger partial charge >= 0.3 is 5.97 Å². The van der Waals surface area contributed by atoms with E-state index in [1.165, 1.54) is 6.07 Å². The van der Waals surface area contributed by atoms with Crippen molar-refractivity contribution in [1.29, 1.82) is 0 Å². The van der Waals surface area contributed by atoms with Crippen molar-refractivity contribution in [2.24, 2.45) is 5.41 Å². The van der Waals surface area contributed by atoms with Gasteiger partial charge in [0.25, 0.3) is 0 Å². The Bertz CT molecular complexity index is 825. The molecule has 29 heavy (non-hydrogen) atoms. The zero-order chi connectivity index (χ0) is 20.9. The van der Waals surface area contributed by atoms with Gasteiger partial charge in [0.15, 0.2) is 0 Å². The van der Waals surface area contributed by atoms with Crippen LogP contribution in [0.25, 0.3) is 0 Å². The molecule has 0 spiro atoms. The highest BCUT2D eigenvalue weighted by atomic mass is 19.1. The fourth-order valence-electron chi connectivity index (χ4n) is 3.19. The van der Waals surface area contributed by atoms with Crippen molar-refractivity contribution in [2.45, 2.75) is 40.2 Å². The second-order valence-electron chi connectivity index (χ2n) is 8.50. The molecule has 1 aromatic carbocycles. The van der Waals surface area contributed by atoms with Crippen molar-refractivity contribution < 1.29 is 13.9 Å². The number of carbonyl (C=O) groups is 1. The molecule has 0 bridgehead atoms. The molecule has 3 rings (SSSR count). The summed E-state index contributed by atoms with van der Waals surface area (Å²) in [5.74, 6) is -0.566. The highest BCUT2D eigenvalue weighted by Crippen LogP contribution is 2.19. The van der Waals surface area contributed by atoms with E-state index in [1.54, 1.807) is 26.8 Å². The summed E-state index contributed by atoms with van der Waals surface area (Å²) in [5, 5.41) is 3.34. The number of piperazine rings is 1. The third-order valence-corrected chi connectivity index (χ3v) is 5.04. The Balaban J connectivity index is 1.53. The van der Waals surface area contributed by atoms with Crippen LogP contribution in [0.3, 0.4) is 0 Å². The topological polar surface area (TPSA) is 54.5 Å². The molecule has 6 heteroatoms. The molecule has 1 aliphatic rings. The number of ether oxygens (including phenoxy) is 1. The maximum absolute atomic E-state index is 14.4. The number of nitrogens with zero attached hydrogens (tertiary/aromatic N) is 2. The predicted molar refractivity (Wildman–Crippen MR) is 112 cm³/mol. The molecule has 1 N–H and O–H groups in total. The molecule has 1 aromatic heterocycles. The van der Waals surface area contributed by atoms with E-state index in [4.69, 9.17) is 4.74 Å². The van der Waals surface area contributed by atoms with Gasteiger partial charge in [0, 0.05) is 31.9 Å². The predicted octanol–water partition coefficient (Wildman–Crippen LogP) is 3.50. The molecule has 0 radical (unpaired) electrons. The van der Waals surface area contributed by atoms with E-state index in [0.29, 0.717) is 24.0 Å². The van der Waals surface area contributed by atoms with Crippen LogP contribution in [0.1, 0.15) is 37.6 Å². The molecule has 0 unspecified atom stereocenters. The number of anilines is 1. The molecule has 0 saturated carbocycles. The molecule has 1 saturated heterocycles. The molecular weight excluding hydrogens is 369 g/mol. The summed E-state index contributed by atoms with van der Waals surface area (Å²) in [4.78, 5) is 18.7. The van der Waals surface area contributed by atoms with E-state index in [1.807, 2.05) is 18.3 Å². The van der Waals surface area contributed by atoms with Gasteiger partial charge in [-0.15, -0.1) is 0 Å². The van der Waals surface area contributed by atoms with E-state index in [-0.39, 0.29) is 18.4 Å². The van der Waals surface area contributed by atoms with Crippen molar-refractivity contribution in [2.75, 3.05) is 31.1 Å². The number of aromatic nitrogens is 1. The molecule has 0 amide bonds. The van der Waals surface area contributed by atoms with Gasteiger partial charge in [0.1, 0.15) is 12.4 Å². The maximum atomic E-state index is 14.4. The number of aryl methyl sites for hydroxylation is 2. The minimum Gasteiger partial charge on any atom is -0.460 e. The summed E-state index contributed by atoms with van der Waals surface area (Å²) >= 11 is 0. The monoisotopic (exact) mass is 399 g/mol. The van der Waals surface area contributed by atoms with Gasteiger partial charge < -0.3 is 15.0 Å². The molecule has 1 fully saturated rings. The first kappa shape index (κ1) is 21.2. The van der Waals surface area contributed by atoms with Gasteiger partial charge in [-0.2, -0.15) is 0 Å². The van der Waals surface area contributed by atoms with Crippen LogP contribution in [0.2, 0.25) is 0 Å². The van der Waals surface area contributed by atoms with Crippen molar-refractivity contribution in [1.82, 2.24) is 10.3 Å². The minimum atomic E-state index is -0.564. The summed E-state index contributed by atoms with van der Waals surface area (Å²) in [7, 11) is 0. The molecule has 2 heterocycles. The first-order chi connectivity index (χ1) is 13.8. The molecule has 0 aliphatic carbocycles. The Hall–Kier alpha value is -2.47. The molecular formula is C23H30FN3O2. The molecule has 156 valence electrons. The van der Waals surface area contributed by atoms with E-state index >= 15 is 0 Å². The third kappa shape index (κ3) is 6.00. The molecule has 1 aliphatic heterocycles. The Morgan fingerprint density at radius 1 is 1.17 bits per heavy atom. The van der Waals surface area contributed by atoms with Crippen LogP contribution < -0.4 is 10.2 Å². The van der Waals surface area contributed by atoms with Crippen LogP contribution in [0.4, 0.5) is 10.1 Å². The number of halogens is 1. The number of pyridine rings is 1. The summed E-state index contributed by atoms with van der Waals surface area (Å²) in [6, 6.07) is 9.15. The zero-order valence-corrected chi connectivity index (χ0v) is 17.5. The quantitative estimate of drug-likeness (QED) is 0.754. The lowest BCUT2D eigenvalue weighted by atomic mass is 9.97. The van der Waals surface area contributed by atoms with E-state index in [2.05, 4.69) is 21.3 Å². The highest BCUT2D eigenvalue weighted by molar-refractivity contribution is 5.75. The van der Waals surface area contributed by atoms with E-state index in [0.717, 1.165) is 37.6 Å². The van der Waals surface area contributed by atoms with Crippen LogP contribution in [-0.2, 0) is 29.0 Å². The second kappa shape index (κ2) is 9.35. The lowest BCUT2D eigenvalue weighted by Gasteiger charge is -2.29. The summed E-state index contributed by atoms with van der Waals surface area (Å²) in [5.41, 5.74) is 2.82. The second-order valence-corrected chi connectivity index (χ2v) is 8.50. The molecule has 0 atom stereocenters. The van der Waals surface area contributed by atoms with Crippen LogP contribution in [-0.4, -0.2) is 37.1 Å². The number of benzene rings is 1. The Morgan fingerprint density at radius 3 is 2.55 bits per heavy atom. The SMILES string of the molecule is CC(C)(C)C(=O)OCc1ccc(CCc2ccc(N3CCNCC3)cn2)c(F)c1. The molecule has 5 nitrogen and oxygen atoms in total. The van der Waals surface area contributed by atoms with E-state index < -0.39 is 5.41 Å². The summed E-state index contributed by atoms with van der Waals surface area (Å²) in [6.07, 6.45) is 3.16. The molecule has 2 aromatic rings. The third-order valence-electron chi connectivity index (χ3n) is 5.04. The fourth-order valence-corrected chi connectivity index (χ4v) is 3.19. The highest BCUT2D eigenvalue weighted by Gasteiger charge is 2.23. The van der Waals surface area contributed by atoms with Crippen molar-refractivity contribution in [3.05, 3.63) is 59.2 Å². The fraction of sp³-hybridized carbons (Fsp3) is 0.478. The van der Waals surface area contributed by atoms with Crippen LogP contribution in [0.5, 0.6) is 0 Å². The van der Waals surface area contributed by atoms with Crippen LogP contribution in [0.15, 0.2) is 36.5 Å². The number of carbonyl (C=O) groups excluding carboxylic acids is 1. The Labute approximate surface area is 172 Å². The Morgan fingerprint density at radius 2 is 1.93 bits per heavy atom. The number of hydrogen-bond donors (Lipinski definition) is 1. The van der Waals surface area contributed by atoms with Crippen molar-refractivity contribution in [3.8, 4) is 0 Å². The first-order valence-corrected chi connectivity index (χ1v) is 10.2. The van der Waals surface area contributed by atoms with Crippen molar-refractivity contribution in [3.63, 3.8) is 0 Å². The van der Waals surface area contributed by atoms with Crippen LogP contribution >= 0.6 is 0 Å². The minimum absolute atomic E-state index is 0.0857. The van der Waals surface area contributed by atoms with Gasteiger partial charge in [-0.25, -0.2) is 4.39 Å². The average molecular weight is 400 g/mol. The summed E-state index contributed by atoms with van der Waals surface area (Å²) in [6.45, 7) is 9.44. The lowest BCUT2D eigenvalue weighted by Crippen LogP contribution is -2.43.